The molecule has 1 aliphatic heterocycles. The summed E-state index contributed by atoms with van der Waals surface area (Å²) in [6, 6.07) is 15.2. The Morgan fingerprint density at radius 1 is 1.07 bits per heavy atom. The summed E-state index contributed by atoms with van der Waals surface area (Å²) < 4.78 is 26.7. The highest BCUT2D eigenvalue weighted by molar-refractivity contribution is 7.88. The molecule has 2 aromatic carbocycles. The van der Waals surface area contributed by atoms with Crippen LogP contribution in [0.3, 0.4) is 0 Å². The number of carbonyl (C=O) groups excluding carboxylic acids is 1. The van der Waals surface area contributed by atoms with E-state index in [9.17, 15) is 13.2 Å². The van der Waals surface area contributed by atoms with Crippen LogP contribution in [-0.4, -0.2) is 49.7 Å². The third-order valence-corrected chi connectivity index (χ3v) is 6.52. The molecule has 0 N–H and O–H groups in total. The van der Waals surface area contributed by atoms with Gasteiger partial charge in [0.2, 0.25) is 10.0 Å². The number of hydrogen-bond acceptors (Lipinski definition) is 4. The fourth-order valence-corrected chi connectivity index (χ4v) is 4.61. The minimum atomic E-state index is -3.51. The van der Waals surface area contributed by atoms with Gasteiger partial charge in [-0.15, -0.1) is 0 Å². The number of nitrogens with zero attached hydrogens (tertiary/aromatic N) is 3. The Balaban J connectivity index is 1.63. The number of hydrogen-bond donors (Lipinski definition) is 0. The molecule has 0 aliphatic carbocycles. The van der Waals surface area contributed by atoms with Crippen LogP contribution in [-0.2, 0) is 15.8 Å². The molecule has 3 rings (SSSR count). The second-order valence-corrected chi connectivity index (χ2v) is 8.67. The van der Waals surface area contributed by atoms with E-state index in [4.69, 9.17) is 16.9 Å². The van der Waals surface area contributed by atoms with Crippen LogP contribution in [0.25, 0.3) is 0 Å². The monoisotopic (exact) mass is 403 g/mol. The zero-order chi connectivity index (χ0) is 19.4. The van der Waals surface area contributed by atoms with Gasteiger partial charge in [0.15, 0.2) is 0 Å². The summed E-state index contributed by atoms with van der Waals surface area (Å²) in [5.41, 5.74) is 1.54. The first-order valence-corrected chi connectivity index (χ1v) is 10.4. The molecule has 1 aliphatic rings. The first-order valence-electron chi connectivity index (χ1n) is 8.41. The van der Waals surface area contributed by atoms with Gasteiger partial charge in [-0.3, -0.25) is 4.79 Å². The maximum absolute atomic E-state index is 12.7. The summed E-state index contributed by atoms with van der Waals surface area (Å²) in [5, 5.41) is 9.50. The summed E-state index contributed by atoms with van der Waals surface area (Å²) in [6.07, 6.45) is 0. The van der Waals surface area contributed by atoms with Gasteiger partial charge in [0.1, 0.15) is 0 Å². The Morgan fingerprint density at radius 2 is 1.74 bits per heavy atom. The highest BCUT2D eigenvalue weighted by atomic mass is 35.5. The summed E-state index contributed by atoms with van der Waals surface area (Å²) in [7, 11) is -3.51. The summed E-state index contributed by atoms with van der Waals surface area (Å²) in [6.45, 7) is 1.16. The molecule has 1 fully saturated rings. The van der Waals surface area contributed by atoms with E-state index < -0.39 is 10.0 Å². The van der Waals surface area contributed by atoms with Crippen molar-refractivity contribution in [3.8, 4) is 6.07 Å². The van der Waals surface area contributed by atoms with Gasteiger partial charge < -0.3 is 4.90 Å². The molecule has 2 aromatic rings. The van der Waals surface area contributed by atoms with Gasteiger partial charge in [-0.05, 0) is 42.0 Å². The highest BCUT2D eigenvalue weighted by Gasteiger charge is 2.29. The van der Waals surface area contributed by atoms with E-state index in [-0.39, 0.29) is 24.7 Å². The normalized spacial score (nSPS) is 15.3. The van der Waals surface area contributed by atoms with Crippen LogP contribution >= 0.6 is 11.6 Å². The van der Waals surface area contributed by atoms with Crippen molar-refractivity contribution in [1.29, 1.82) is 5.26 Å². The van der Waals surface area contributed by atoms with Crippen molar-refractivity contribution in [2.75, 3.05) is 26.2 Å². The first kappa shape index (κ1) is 19.4. The number of nitriles is 1. The quantitative estimate of drug-likeness (QED) is 0.785. The molecule has 0 spiro atoms. The van der Waals surface area contributed by atoms with Crippen molar-refractivity contribution in [3.63, 3.8) is 0 Å². The lowest BCUT2D eigenvalue weighted by atomic mass is 10.2. The van der Waals surface area contributed by atoms with Crippen LogP contribution < -0.4 is 0 Å². The topological polar surface area (TPSA) is 81.5 Å². The maximum atomic E-state index is 12.7. The molecule has 140 valence electrons. The predicted octanol–water partition coefficient (Wildman–Crippen LogP) is 2.50. The zero-order valence-electron chi connectivity index (χ0n) is 14.5. The van der Waals surface area contributed by atoms with Crippen LogP contribution in [0.4, 0.5) is 0 Å². The van der Waals surface area contributed by atoms with Crippen molar-refractivity contribution in [2.45, 2.75) is 5.75 Å². The minimum absolute atomic E-state index is 0.134. The predicted molar refractivity (Wildman–Crippen MR) is 103 cm³/mol. The Labute approximate surface area is 163 Å². The molecule has 27 heavy (non-hydrogen) atoms. The van der Waals surface area contributed by atoms with E-state index in [1.165, 1.54) is 4.31 Å². The number of carbonyl (C=O) groups is 1. The number of rotatable bonds is 4. The number of amides is 1. The van der Waals surface area contributed by atoms with E-state index in [2.05, 4.69) is 0 Å². The fraction of sp³-hybridized carbons (Fsp3) is 0.263. The van der Waals surface area contributed by atoms with Crippen molar-refractivity contribution in [3.05, 3.63) is 70.2 Å². The molecule has 0 atom stereocenters. The lowest BCUT2D eigenvalue weighted by molar-refractivity contribution is 0.0698. The minimum Gasteiger partial charge on any atom is -0.336 e. The number of piperazine rings is 1. The highest BCUT2D eigenvalue weighted by Crippen LogP contribution is 2.17. The van der Waals surface area contributed by atoms with Crippen molar-refractivity contribution in [2.24, 2.45) is 0 Å². The van der Waals surface area contributed by atoms with Gasteiger partial charge in [-0.1, -0.05) is 23.7 Å². The average Bonchev–Trinajstić information content (AvgIpc) is 2.68. The molecule has 1 amide bonds. The lowest BCUT2D eigenvalue weighted by Crippen LogP contribution is -2.50. The second kappa shape index (κ2) is 8.09. The maximum Gasteiger partial charge on any atom is 0.253 e. The number of sulfonamides is 1. The van der Waals surface area contributed by atoms with Crippen LogP contribution in [0.5, 0.6) is 0 Å². The number of benzene rings is 2. The van der Waals surface area contributed by atoms with Crippen molar-refractivity contribution < 1.29 is 13.2 Å². The molecule has 0 aromatic heterocycles. The Morgan fingerprint density at radius 3 is 2.37 bits per heavy atom. The SMILES string of the molecule is N#Cc1cccc(CS(=O)(=O)N2CCN(C(=O)c3ccc(Cl)cc3)CC2)c1. The van der Waals surface area contributed by atoms with Crippen LogP contribution in [0, 0.1) is 11.3 Å². The van der Waals surface area contributed by atoms with Gasteiger partial charge in [0, 0.05) is 36.8 Å². The van der Waals surface area contributed by atoms with Crippen molar-refractivity contribution in [1.82, 2.24) is 9.21 Å². The van der Waals surface area contributed by atoms with E-state index >= 15 is 0 Å². The second-order valence-electron chi connectivity index (χ2n) is 6.27. The van der Waals surface area contributed by atoms with Gasteiger partial charge in [-0.2, -0.15) is 9.57 Å². The standard InChI is InChI=1S/C19H18ClN3O3S/c20-18-6-4-17(5-7-18)19(24)22-8-10-23(11-9-22)27(25,26)14-16-3-1-2-15(12-16)13-21/h1-7,12H,8-11,14H2. The van der Waals surface area contributed by atoms with Gasteiger partial charge in [-0.25, -0.2) is 8.42 Å². The van der Waals surface area contributed by atoms with Crippen LogP contribution in [0.15, 0.2) is 48.5 Å². The van der Waals surface area contributed by atoms with Crippen LogP contribution in [0.1, 0.15) is 21.5 Å². The molecule has 6 nitrogen and oxygen atoms in total. The van der Waals surface area contributed by atoms with Crippen LogP contribution in [0.2, 0.25) is 5.02 Å². The molecular formula is C19H18ClN3O3S. The summed E-state index contributed by atoms with van der Waals surface area (Å²) in [5.74, 6) is -0.293. The number of halogens is 1. The smallest absolute Gasteiger partial charge is 0.253 e. The molecule has 1 heterocycles. The fourth-order valence-electron chi connectivity index (χ4n) is 2.98. The van der Waals surface area contributed by atoms with E-state index in [0.717, 1.165) is 0 Å². The zero-order valence-corrected chi connectivity index (χ0v) is 16.1. The van der Waals surface area contributed by atoms with Gasteiger partial charge in [0.05, 0.1) is 17.4 Å². The molecular weight excluding hydrogens is 386 g/mol. The first-order chi connectivity index (χ1) is 12.9. The lowest BCUT2D eigenvalue weighted by Gasteiger charge is -2.34. The molecule has 0 bridgehead atoms. The molecule has 1 saturated heterocycles. The third-order valence-electron chi connectivity index (χ3n) is 4.42. The summed E-state index contributed by atoms with van der Waals surface area (Å²) >= 11 is 5.84. The molecule has 0 radical (unpaired) electrons. The largest absolute Gasteiger partial charge is 0.336 e. The Hall–Kier alpha value is -2.40. The Bertz CT molecular complexity index is 976. The molecule has 8 heteroatoms. The van der Waals surface area contributed by atoms with E-state index in [1.54, 1.807) is 53.4 Å². The van der Waals surface area contributed by atoms with Gasteiger partial charge >= 0.3 is 0 Å². The average molecular weight is 404 g/mol. The van der Waals surface area contributed by atoms with Gasteiger partial charge in [0.25, 0.3) is 5.91 Å². The summed E-state index contributed by atoms with van der Waals surface area (Å²) in [4.78, 5) is 14.2. The third kappa shape index (κ3) is 4.66. The van der Waals surface area contributed by atoms with Crippen molar-refractivity contribution >= 4 is 27.5 Å². The van der Waals surface area contributed by atoms with E-state index in [1.807, 2.05) is 6.07 Å². The molecule has 0 saturated carbocycles. The Kier molecular flexibility index (Phi) is 5.80. The molecule has 0 unspecified atom stereocenters. The van der Waals surface area contributed by atoms with E-state index in [0.29, 0.717) is 34.8 Å².